The molecule has 0 aliphatic carbocycles. The number of ether oxygens (including phenoxy) is 1. The molecule has 0 heterocycles. The Labute approximate surface area is 107 Å². The van der Waals surface area contributed by atoms with Crippen molar-refractivity contribution < 1.29 is 13.9 Å². The summed E-state index contributed by atoms with van der Waals surface area (Å²) in [6, 6.07) is 4.97. The van der Waals surface area contributed by atoms with Crippen LogP contribution in [0.5, 0.6) is 0 Å². The molecule has 100 valence electrons. The number of methoxy groups -OCH3 is 1. The van der Waals surface area contributed by atoms with E-state index in [1.807, 2.05) is 0 Å². The molecule has 0 amide bonds. The van der Waals surface area contributed by atoms with Crippen molar-refractivity contribution in [2.75, 3.05) is 7.11 Å². The lowest BCUT2D eigenvalue weighted by Gasteiger charge is -2.13. The van der Waals surface area contributed by atoms with E-state index in [1.54, 1.807) is 6.07 Å². The molecule has 1 rings (SSSR count). The molecule has 18 heavy (non-hydrogen) atoms. The number of esters is 1. The van der Waals surface area contributed by atoms with Crippen LogP contribution in [0.15, 0.2) is 18.2 Å². The number of nitrogens with one attached hydrogen (secondary N) is 1. The summed E-state index contributed by atoms with van der Waals surface area (Å²) in [5.74, 6) is -1.18. The van der Waals surface area contributed by atoms with Gasteiger partial charge < -0.3 is 10.1 Å². The Morgan fingerprint density at radius 3 is 2.78 bits per heavy atom. The second-order valence-electron chi connectivity index (χ2n) is 4.38. The third-order valence-corrected chi connectivity index (χ3v) is 2.82. The van der Waals surface area contributed by atoms with Crippen molar-refractivity contribution in [3.05, 3.63) is 35.1 Å². The molecule has 0 fully saturated rings. The van der Waals surface area contributed by atoms with Gasteiger partial charge in [0.25, 0.3) is 0 Å². The average Bonchev–Trinajstić information content (AvgIpc) is 2.36. The van der Waals surface area contributed by atoms with Crippen LogP contribution in [-0.4, -0.2) is 19.1 Å². The van der Waals surface area contributed by atoms with Gasteiger partial charge in [0.2, 0.25) is 0 Å². The first kappa shape index (κ1) is 14.6. The average molecular weight is 253 g/mol. The Bertz CT molecular complexity index is 407. The van der Waals surface area contributed by atoms with E-state index in [1.165, 1.54) is 19.2 Å². The summed E-state index contributed by atoms with van der Waals surface area (Å²) in [5, 5.41) is 3.31. The van der Waals surface area contributed by atoms with Crippen molar-refractivity contribution >= 4 is 5.97 Å². The monoisotopic (exact) mass is 253 g/mol. The summed E-state index contributed by atoms with van der Waals surface area (Å²) in [5.41, 5.74) is 0.797. The highest BCUT2D eigenvalue weighted by Gasteiger charge is 2.12. The minimum atomic E-state index is -0.647. The number of carbonyl (C=O) groups is 1. The summed E-state index contributed by atoms with van der Waals surface area (Å²) >= 11 is 0. The molecule has 0 aromatic heterocycles. The van der Waals surface area contributed by atoms with E-state index in [0.29, 0.717) is 12.6 Å². The van der Waals surface area contributed by atoms with Crippen LogP contribution in [0.1, 0.15) is 42.6 Å². The standard InChI is InChI=1S/C14H20FNO2/c1-4-5-10(2)16-9-11-6-7-12(13(15)8-11)14(17)18-3/h6-8,10,16H,4-5,9H2,1-3H3. The Hall–Kier alpha value is -1.42. The lowest BCUT2D eigenvalue weighted by atomic mass is 10.1. The van der Waals surface area contributed by atoms with Crippen LogP contribution in [0.25, 0.3) is 0 Å². The van der Waals surface area contributed by atoms with Gasteiger partial charge in [-0.2, -0.15) is 0 Å². The second-order valence-corrected chi connectivity index (χ2v) is 4.38. The molecular formula is C14H20FNO2. The fourth-order valence-electron chi connectivity index (χ4n) is 1.77. The van der Waals surface area contributed by atoms with Crippen LogP contribution in [-0.2, 0) is 11.3 Å². The van der Waals surface area contributed by atoms with Crippen molar-refractivity contribution in [3.63, 3.8) is 0 Å². The van der Waals surface area contributed by atoms with E-state index in [-0.39, 0.29) is 5.56 Å². The first-order valence-electron chi connectivity index (χ1n) is 6.18. The normalized spacial score (nSPS) is 12.2. The van der Waals surface area contributed by atoms with Gasteiger partial charge in [-0.3, -0.25) is 0 Å². The topological polar surface area (TPSA) is 38.3 Å². The molecule has 1 atom stereocenters. The van der Waals surface area contributed by atoms with E-state index < -0.39 is 11.8 Å². The highest BCUT2D eigenvalue weighted by atomic mass is 19.1. The predicted molar refractivity (Wildman–Crippen MR) is 68.9 cm³/mol. The second kappa shape index (κ2) is 7.11. The van der Waals surface area contributed by atoms with Gasteiger partial charge in [0, 0.05) is 12.6 Å². The molecule has 1 aromatic rings. The van der Waals surface area contributed by atoms with Gasteiger partial charge in [-0.1, -0.05) is 19.4 Å². The molecule has 1 unspecified atom stereocenters. The summed E-state index contributed by atoms with van der Waals surface area (Å²) < 4.78 is 18.1. The SMILES string of the molecule is CCCC(C)NCc1ccc(C(=O)OC)c(F)c1. The van der Waals surface area contributed by atoms with E-state index >= 15 is 0 Å². The Balaban J connectivity index is 2.64. The lowest BCUT2D eigenvalue weighted by Crippen LogP contribution is -2.25. The van der Waals surface area contributed by atoms with Gasteiger partial charge >= 0.3 is 5.97 Å². The fourth-order valence-corrected chi connectivity index (χ4v) is 1.77. The van der Waals surface area contributed by atoms with Crippen molar-refractivity contribution in [2.45, 2.75) is 39.3 Å². The zero-order valence-electron chi connectivity index (χ0n) is 11.1. The van der Waals surface area contributed by atoms with Gasteiger partial charge in [0.05, 0.1) is 12.7 Å². The summed E-state index contributed by atoms with van der Waals surface area (Å²) in [6.45, 7) is 4.82. The molecule has 1 N–H and O–H groups in total. The lowest BCUT2D eigenvalue weighted by molar-refractivity contribution is 0.0595. The molecule has 0 aliphatic heterocycles. The van der Waals surface area contributed by atoms with Gasteiger partial charge in [0.15, 0.2) is 0 Å². The smallest absolute Gasteiger partial charge is 0.340 e. The molecule has 4 heteroatoms. The maximum atomic E-state index is 13.6. The van der Waals surface area contributed by atoms with Crippen molar-refractivity contribution in [1.29, 1.82) is 0 Å². The number of hydrogen-bond donors (Lipinski definition) is 1. The fraction of sp³-hybridized carbons (Fsp3) is 0.500. The van der Waals surface area contributed by atoms with Crippen LogP contribution in [0.2, 0.25) is 0 Å². The summed E-state index contributed by atoms with van der Waals surface area (Å²) in [6.07, 6.45) is 2.20. The van der Waals surface area contributed by atoms with Crippen molar-refractivity contribution in [1.82, 2.24) is 5.32 Å². The zero-order valence-corrected chi connectivity index (χ0v) is 11.1. The maximum Gasteiger partial charge on any atom is 0.340 e. The Kier molecular flexibility index (Phi) is 5.78. The first-order valence-corrected chi connectivity index (χ1v) is 6.18. The van der Waals surface area contributed by atoms with Gasteiger partial charge in [-0.25, -0.2) is 9.18 Å². The number of halogens is 1. The number of benzene rings is 1. The molecule has 0 saturated heterocycles. The molecule has 0 aliphatic rings. The van der Waals surface area contributed by atoms with E-state index in [2.05, 4.69) is 23.9 Å². The molecule has 3 nitrogen and oxygen atoms in total. The summed E-state index contributed by atoms with van der Waals surface area (Å²) in [7, 11) is 1.24. The van der Waals surface area contributed by atoms with E-state index in [4.69, 9.17) is 0 Å². The molecule has 1 aromatic carbocycles. The largest absolute Gasteiger partial charge is 0.465 e. The van der Waals surface area contributed by atoms with Gasteiger partial charge in [-0.15, -0.1) is 0 Å². The Morgan fingerprint density at radius 2 is 2.22 bits per heavy atom. The molecule has 0 radical (unpaired) electrons. The van der Waals surface area contributed by atoms with Crippen LogP contribution in [0.3, 0.4) is 0 Å². The minimum absolute atomic E-state index is 0.0251. The minimum Gasteiger partial charge on any atom is -0.465 e. The molecule has 0 saturated carbocycles. The first-order chi connectivity index (χ1) is 8.58. The van der Waals surface area contributed by atoms with Crippen molar-refractivity contribution in [3.8, 4) is 0 Å². The van der Waals surface area contributed by atoms with Crippen LogP contribution in [0, 0.1) is 5.82 Å². The maximum absolute atomic E-state index is 13.6. The van der Waals surface area contributed by atoms with E-state index in [0.717, 1.165) is 18.4 Å². The predicted octanol–water partition coefficient (Wildman–Crippen LogP) is 2.89. The molecule has 0 spiro atoms. The van der Waals surface area contributed by atoms with Crippen LogP contribution >= 0.6 is 0 Å². The quantitative estimate of drug-likeness (QED) is 0.792. The third kappa shape index (κ3) is 4.11. The van der Waals surface area contributed by atoms with Crippen LogP contribution < -0.4 is 5.32 Å². The van der Waals surface area contributed by atoms with Crippen LogP contribution in [0.4, 0.5) is 4.39 Å². The third-order valence-electron chi connectivity index (χ3n) is 2.82. The highest BCUT2D eigenvalue weighted by molar-refractivity contribution is 5.89. The number of carbonyl (C=O) groups excluding carboxylic acids is 1. The molecular weight excluding hydrogens is 233 g/mol. The van der Waals surface area contributed by atoms with Gasteiger partial charge in [0.1, 0.15) is 5.82 Å². The highest BCUT2D eigenvalue weighted by Crippen LogP contribution is 2.12. The number of hydrogen-bond acceptors (Lipinski definition) is 3. The number of rotatable bonds is 6. The molecule has 0 bridgehead atoms. The summed E-state index contributed by atoms with van der Waals surface area (Å²) in [4.78, 5) is 11.2. The Morgan fingerprint density at radius 1 is 1.50 bits per heavy atom. The van der Waals surface area contributed by atoms with Crippen molar-refractivity contribution in [2.24, 2.45) is 0 Å². The van der Waals surface area contributed by atoms with Gasteiger partial charge in [-0.05, 0) is 31.0 Å². The van der Waals surface area contributed by atoms with E-state index in [9.17, 15) is 9.18 Å². The zero-order chi connectivity index (χ0) is 13.5.